The first kappa shape index (κ1) is 9.76. The van der Waals surface area contributed by atoms with Crippen molar-refractivity contribution >= 4 is 17.4 Å². The van der Waals surface area contributed by atoms with Crippen molar-refractivity contribution in [2.45, 2.75) is 6.92 Å². The predicted octanol–water partition coefficient (Wildman–Crippen LogP) is 2.69. The molecule has 1 nitrogen and oxygen atoms in total. The maximum atomic E-state index is 12.6. The van der Waals surface area contributed by atoms with E-state index in [1.54, 1.807) is 6.92 Å². The van der Waals surface area contributed by atoms with Crippen molar-refractivity contribution in [3.8, 4) is 11.8 Å². The van der Waals surface area contributed by atoms with E-state index in [0.717, 1.165) is 6.07 Å². The summed E-state index contributed by atoms with van der Waals surface area (Å²) in [5, 5.41) is 0.0905. The first-order valence-corrected chi connectivity index (χ1v) is 3.95. The highest BCUT2D eigenvalue weighted by Gasteiger charge is 2.07. The third-order valence-corrected chi connectivity index (χ3v) is 1.73. The Morgan fingerprint density at radius 1 is 1.54 bits per heavy atom. The van der Waals surface area contributed by atoms with Crippen LogP contribution in [-0.2, 0) is 0 Å². The first-order chi connectivity index (χ1) is 6.15. The second-order valence-corrected chi connectivity index (χ2v) is 2.74. The van der Waals surface area contributed by atoms with E-state index in [-0.39, 0.29) is 10.6 Å². The van der Waals surface area contributed by atoms with Crippen molar-refractivity contribution in [2.75, 3.05) is 0 Å². The number of hydrogen-bond acceptors (Lipinski definition) is 1. The molecule has 13 heavy (non-hydrogen) atoms. The monoisotopic (exact) mass is 196 g/mol. The number of halogens is 2. The molecule has 1 aromatic carbocycles. The molecule has 0 atom stereocenters. The lowest BCUT2D eigenvalue weighted by Gasteiger charge is -1.97. The number of ketones is 1. The standard InChI is InChI=1S/C10H6ClFO/c1-2-3-10(13)8-5-4-7(12)6-9(8)11/h4-6H,1H3. The molecule has 0 radical (unpaired) electrons. The van der Waals surface area contributed by atoms with Crippen LogP contribution >= 0.6 is 11.6 Å². The van der Waals surface area contributed by atoms with Crippen LogP contribution in [0, 0.1) is 17.7 Å². The Kier molecular flexibility index (Phi) is 3.05. The molecule has 66 valence electrons. The van der Waals surface area contributed by atoms with Gasteiger partial charge in [0.05, 0.1) is 5.02 Å². The minimum Gasteiger partial charge on any atom is -0.279 e. The zero-order valence-electron chi connectivity index (χ0n) is 6.90. The van der Waals surface area contributed by atoms with Gasteiger partial charge in [0.25, 0.3) is 0 Å². The van der Waals surface area contributed by atoms with E-state index in [1.807, 2.05) is 0 Å². The summed E-state index contributed by atoms with van der Waals surface area (Å²) in [5.74, 6) is 3.92. The number of rotatable bonds is 1. The topological polar surface area (TPSA) is 17.1 Å². The van der Waals surface area contributed by atoms with Gasteiger partial charge in [0.1, 0.15) is 5.82 Å². The van der Waals surface area contributed by atoms with E-state index < -0.39 is 11.6 Å². The van der Waals surface area contributed by atoms with Crippen LogP contribution in [0.3, 0.4) is 0 Å². The van der Waals surface area contributed by atoms with E-state index in [2.05, 4.69) is 11.8 Å². The number of carbonyl (C=O) groups is 1. The minimum absolute atomic E-state index is 0.0905. The van der Waals surface area contributed by atoms with E-state index >= 15 is 0 Å². The number of carbonyl (C=O) groups excluding carboxylic acids is 1. The molecule has 0 saturated carbocycles. The smallest absolute Gasteiger partial charge is 0.237 e. The molecule has 1 aromatic rings. The molecule has 0 aliphatic rings. The summed E-state index contributed by atoms with van der Waals surface area (Å²) < 4.78 is 12.6. The zero-order valence-corrected chi connectivity index (χ0v) is 7.65. The molecule has 0 N–H and O–H groups in total. The second kappa shape index (κ2) is 4.06. The lowest BCUT2D eigenvalue weighted by atomic mass is 10.1. The van der Waals surface area contributed by atoms with Gasteiger partial charge in [0.15, 0.2) is 0 Å². The lowest BCUT2D eigenvalue weighted by molar-refractivity contribution is 0.105. The Bertz CT molecular complexity index is 401. The highest BCUT2D eigenvalue weighted by Crippen LogP contribution is 2.17. The molecule has 0 amide bonds. The zero-order chi connectivity index (χ0) is 9.84. The van der Waals surface area contributed by atoms with Crippen molar-refractivity contribution in [3.05, 3.63) is 34.6 Å². The SMILES string of the molecule is CC#CC(=O)c1ccc(F)cc1Cl. The Morgan fingerprint density at radius 3 is 2.77 bits per heavy atom. The summed E-state index contributed by atoms with van der Waals surface area (Å²) in [6, 6.07) is 3.59. The molecule has 0 aliphatic carbocycles. The van der Waals surface area contributed by atoms with Gasteiger partial charge < -0.3 is 0 Å². The van der Waals surface area contributed by atoms with Crippen LogP contribution in [0.2, 0.25) is 5.02 Å². The third kappa shape index (κ3) is 2.30. The van der Waals surface area contributed by atoms with Gasteiger partial charge in [-0.1, -0.05) is 17.5 Å². The maximum absolute atomic E-state index is 12.6. The summed E-state index contributed by atoms with van der Waals surface area (Å²) in [6.45, 7) is 1.55. The average molecular weight is 197 g/mol. The van der Waals surface area contributed by atoms with E-state index in [1.165, 1.54) is 12.1 Å². The quantitative estimate of drug-likeness (QED) is 0.384. The summed E-state index contributed by atoms with van der Waals surface area (Å²) in [6.07, 6.45) is 0. The van der Waals surface area contributed by atoms with Crippen LogP contribution in [0.1, 0.15) is 17.3 Å². The summed E-state index contributed by atoms with van der Waals surface area (Å²) in [5.41, 5.74) is 0.234. The predicted molar refractivity (Wildman–Crippen MR) is 49.2 cm³/mol. The largest absolute Gasteiger partial charge is 0.279 e. The van der Waals surface area contributed by atoms with Gasteiger partial charge in [-0.05, 0) is 31.0 Å². The van der Waals surface area contributed by atoms with Gasteiger partial charge >= 0.3 is 0 Å². The van der Waals surface area contributed by atoms with Crippen molar-refractivity contribution in [1.82, 2.24) is 0 Å². The van der Waals surface area contributed by atoms with Crippen molar-refractivity contribution < 1.29 is 9.18 Å². The van der Waals surface area contributed by atoms with Gasteiger partial charge in [-0.25, -0.2) is 4.39 Å². The average Bonchev–Trinajstić information content (AvgIpc) is 2.04. The maximum Gasteiger partial charge on any atom is 0.237 e. The fraction of sp³-hybridized carbons (Fsp3) is 0.100. The molecule has 3 heteroatoms. The molecular weight excluding hydrogens is 191 g/mol. The molecule has 0 heterocycles. The van der Waals surface area contributed by atoms with Crippen molar-refractivity contribution in [3.63, 3.8) is 0 Å². The van der Waals surface area contributed by atoms with Gasteiger partial charge in [-0.3, -0.25) is 4.79 Å². The highest BCUT2D eigenvalue weighted by molar-refractivity contribution is 6.35. The Labute approximate surface area is 80.5 Å². The number of benzene rings is 1. The van der Waals surface area contributed by atoms with E-state index in [0.29, 0.717) is 0 Å². The number of Topliss-reactive ketones (excluding diaryl/α,β-unsaturated/α-hetero) is 1. The van der Waals surface area contributed by atoms with Crippen molar-refractivity contribution in [2.24, 2.45) is 0 Å². The summed E-state index contributed by atoms with van der Waals surface area (Å²) in [7, 11) is 0. The highest BCUT2D eigenvalue weighted by atomic mass is 35.5. The van der Waals surface area contributed by atoms with Gasteiger partial charge in [-0.15, -0.1) is 0 Å². The van der Waals surface area contributed by atoms with Gasteiger partial charge in [0, 0.05) is 5.56 Å². The molecule has 0 fully saturated rings. The molecule has 0 spiro atoms. The molecule has 1 rings (SSSR count). The third-order valence-electron chi connectivity index (χ3n) is 1.41. The second-order valence-electron chi connectivity index (χ2n) is 2.33. The van der Waals surface area contributed by atoms with E-state index in [9.17, 15) is 9.18 Å². The summed E-state index contributed by atoms with van der Waals surface area (Å²) in [4.78, 5) is 11.2. The Balaban J connectivity index is 3.14. The molecule has 0 aliphatic heterocycles. The van der Waals surface area contributed by atoms with Crippen LogP contribution in [0.5, 0.6) is 0 Å². The summed E-state index contributed by atoms with van der Waals surface area (Å²) >= 11 is 5.63. The van der Waals surface area contributed by atoms with Gasteiger partial charge in [0.2, 0.25) is 5.78 Å². The van der Waals surface area contributed by atoms with Crippen LogP contribution in [-0.4, -0.2) is 5.78 Å². The molecule has 0 unspecified atom stereocenters. The Morgan fingerprint density at radius 2 is 2.23 bits per heavy atom. The molecule has 0 saturated heterocycles. The van der Waals surface area contributed by atoms with Crippen LogP contribution in [0.4, 0.5) is 4.39 Å². The molecule has 0 aromatic heterocycles. The van der Waals surface area contributed by atoms with Crippen LogP contribution in [0.25, 0.3) is 0 Å². The number of hydrogen-bond donors (Lipinski definition) is 0. The Hall–Kier alpha value is -1.33. The fourth-order valence-electron chi connectivity index (χ4n) is 0.854. The van der Waals surface area contributed by atoms with E-state index in [4.69, 9.17) is 11.6 Å². The van der Waals surface area contributed by atoms with Crippen LogP contribution < -0.4 is 0 Å². The van der Waals surface area contributed by atoms with Gasteiger partial charge in [-0.2, -0.15) is 0 Å². The lowest BCUT2D eigenvalue weighted by Crippen LogP contribution is -1.96. The minimum atomic E-state index is -0.467. The normalized spacial score (nSPS) is 8.85. The fourth-order valence-corrected chi connectivity index (χ4v) is 1.11. The first-order valence-electron chi connectivity index (χ1n) is 3.57. The van der Waals surface area contributed by atoms with Crippen LogP contribution in [0.15, 0.2) is 18.2 Å². The molecular formula is C10H6ClFO. The van der Waals surface area contributed by atoms with Crippen molar-refractivity contribution in [1.29, 1.82) is 0 Å². The molecule has 0 bridgehead atoms.